The SMILES string of the molecule is CC1C(C)[C@H]2C[C@@H]1C[C@@H]2c1cccc2ccccc12. The number of rotatable bonds is 1. The van der Waals surface area contributed by atoms with Gasteiger partial charge in [0, 0.05) is 0 Å². The van der Waals surface area contributed by atoms with Crippen molar-refractivity contribution in [1.29, 1.82) is 0 Å². The topological polar surface area (TPSA) is 0 Å². The Kier molecular flexibility index (Phi) is 2.48. The molecule has 0 saturated heterocycles. The second-order valence-corrected chi connectivity index (χ2v) is 6.79. The molecule has 2 aromatic carbocycles. The van der Waals surface area contributed by atoms with Gasteiger partial charge in [-0.15, -0.1) is 0 Å². The molecule has 2 aliphatic rings. The van der Waals surface area contributed by atoms with E-state index in [1.807, 2.05) is 0 Å². The molecule has 0 N–H and O–H groups in total. The molecule has 0 radical (unpaired) electrons. The second kappa shape index (κ2) is 4.10. The average Bonchev–Trinajstić information content (AvgIpc) is 2.99. The lowest BCUT2D eigenvalue weighted by Crippen LogP contribution is -2.23. The van der Waals surface area contributed by atoms with Crippen molar-refractivity contribution < 1.29 is 0 Å². The summed E-state index contributed by atoms with van der Waals surface area (Å²) in [6.07, 6.45) is 2.89. The molecule has 0 heteroatoms. The lowest BCUT2D eigenvalue weighted by Gasteiger charge is -2.32. The molecular formula is C19H22. The highest BCUT2D eigenvalue weighted by Gasteiger charge is 2.49. The second-order valence-electron chi connectivity index (χ2n) is 6.79. The van der Waals surface area contributed by atoms with E-state index in [2.05, 4.69) is 56.3 Å². The Morgan fingerprint density at radius 2 is 1.63 bits per heavy atom. The third-order valence-electron chi connectivity index (χ3n) is 6.12. The van der Waals surface area contributed by atoms with Gasteiger partial charge in [-0.3, -0.25) is 0 Å². The van der Waals surface area contributed by atoms with Gasteiger partial charge in [0.2, 0.25) is 0 Å². The molecule has 98 valence electrons. The van der Waals surface area contributed by atoms with E-state index in [0.29, 0.717) is 0 Å². The van der Waals surface area contributed by atoms with Gasteiger partial charge in [-0.2, -0.15) is 0 Å². The molecule has 4 rings (SSSR count). The summed E-state index contributed by atoms with van der Waals surface area (Å²) in [6, 6.07) is 15.8. The van der Waals surface area contributed by atoms with Gasteiger partial charge in [0.15, 0.2) is 0 Å². The zero-order chi connectivity index (χ0) is 13.0. The zero-order valence-corrected chi connectivity index (χ0v) is 11.8. The fourth-order valence-corrected chi connectivity index (χ4v) is 4.87. The zero-order valence-electron chi connectivity index (χ0n) is 11.8. The van der Waals surface area contributed by atoms with Crippen molar-refractivity contribution in [2.45, 2.75) is 32.6 Å². The first-order valence-corrected chi connectivity index (χ1v) is 7.73. The average molecular weight is 250 g/mol. The highest BCUT2D eigenvalue weighted by molar-refractivity contribution is 5.86. The maximum atomic E-state index is 2.48. The Balaban J connectivity index is 1.80. The number of fused-ring (bicyclic) bond motifs is 3. The maximum absolute atomic E-state index is 2.48. The van der Waals surface area contributed by atoms with Crippen LogP contribution in [-0.4, -0.2) is 0 Å². The number of hydrogen-bond donors (Lipinski definition) is 0. The van der Waals surface area contributed by atoms with E-state index in [1.54, 1.807) is 5.56 Å². The minimum atomic E-state index is 0.808. The Hall–Kier alpha value is -1.30. The van der Waals surface area contributed by atoms with E-state index in [0.717, 1.165) is 29.6 Å². The fraction of sp³-hybridized carbons (Fsp3) is 0.474. The normalized spacial score (nSPS) is 37.1. The van der Waals surface area contributed by atoms with Crippen LogP contribution >= 0.6 is 0 Å². The van der Waals surface area contributed by atoms with E-state index < -0.39 is 0 Å². The van der Waals surface area contributed by atoms with Crippen molar-refractivity contribution in [2.24, 2.45) is 23.7 Å². The molecule has 2 unspecified atom stereocenters. The molecule has 0 aliphatic heterocycles. The largest absolute Gasteiger partial charge is 0.0620 e. The monoisotopic (exact) mass is 250 g/mol. The van der Waals surface area contributed by atoms with Gasteiger partial charge < -0.3 is 0 Å². The predicted octanol–water partition coefficient (Wildman–Crippen LogP) is 5.24. The Labute approximate surface area is 115 Å². The van der Waals surface area contributed by atoms with Gasteiger partial charge in [-0.1, -0.05) is 56.3 Å². The first-order valence-electron chi connectivity index (χ1n) is 7.73. The van der Waals surface area contributed by atoms with Crippen molar-refractivity contribution in [3.05, 3.63) is 48.0 Å². The van der Waals surface area contributed by atoms with Crippen LogP contribution in [0.1, 0.15) is 38.2 Å². The lowest BCUT2D eigenvalue weighted by atomic mass is 9.72. The van der Waals surface area contributed by atoms with Gasteiger partial charge in [-0.05, 0) is 58.8 Å². The molecule has 0 spiro atoms. The molecule has 0 heterocycles. The maximum Gasteiger partial charge on any atom is -0.0122 e. The first kappa shape index (κ1) is 11.5. The summed E-state index contributed by atoms with van der Waals surface area (Å²) in [5, 5.41) is 2.89. The first-order chi connectivity index (χ1) is 9.25. The van der Waals surface area contributed by atoms with E-state index in [9.17, 15) is 0 Å². The number of hydrogen-bond acceptors (Lipinski definition) is 0. The highest BCUT2D eigenvalue weighted by Crippen LogP contribution is 2.59. The van der Waals surface area contributed by atoms with Crippen molar-refractivity contribution in [1.82, 2.24) is 0 Å². The molecule has 2 saturated carbocycles. The van der Waals surface area contributed by atoms with Crippen molar-refractivity contribution in [3.8, 4) is 0 Å². The van der Waals surface area contributed by atoms with Crippen molar-refractivity contribution in [3.63, 3.8) is 0 Å². The van der Waals surface area contributed by atoms with E-state index in [-0.39, 0.29) is 0 Å². The lowest BCUT2D eigenvalue weighted by molar-refractivity contribution is 0.233. The molecule has 0 nitrogen and oxygen atoms in total. The minimum Gasteiger partial charge on any atom is -0.0620 e. The fourth-order valence-electron chi connectivity index (χ4n) is 4.87. The summed E-state index contributed by atoms with van der Waals surface area (Å²) >= 11 is 0. The van der Waals surface area contributed by atoms with Gasteiger partial charge in [0.1, 0.15) is 0 Å². The van der Waals surface area contributed by atoms with Crippen LogP contribution in [0.4, 0.5) is 0 Å². The minimum absolute atomic E-state index is 0.808. The summed E-state index contributed by atoms with van der Waals surface area (Å²) in [7, 11) is 0. The third kappa shape index (κ3) is 1.59. The van der Waals surface area contributed by atoms with Crippen molar-refractivity contribution in [2.75, 3.05) is 0 Å². The third-order valence-corrected chi connectivity index (χ3v) is 6.12. The Bertz CT molecular complexity index is 605. The smallest absolute Gasteiger partial charge is 0.0122 e. The van der Waals surface area contributed by atoms with Crippen LogP contribution in [0.25, 0.3) is 10.8 Å². The quantitative estimate of drug-likeness (QED) is 0.649. The molecule has 19 heavy (non-hydrogen) atoms. The predicted molar refractivity (Wildman–Crippen MR) is 81.2 cm³/mol. The van der Waals surface area contributed by atoms with Crippen LogP contribution < -0.4 is 0 Å². The molecule has 5 atom stereocenters. The van der Waals surface area contributed by atoms with Crippen LogP contribution in [0.2, 0.25) is 0 Å². The molecular weight excluding hydrogens is 228 g/mol. The molecule has 0 amide bonds. The summed E-state index contributed by atoms with van der Waals surface area (Å²) in [5.41, 5.74) is 1.62. The van der Waals surface area contributed by atoms with Gasteiger partial charge >= 0.3 is 0 Å². The number of benzene rings is 2. The molecule has 0 aromatic heterocycles. The molecule has 2 fully saturated rings. The van der Waals surface area contributed by atoms with Gasteiger partial charge in [0.25, 0.3) is 0 Å². The van der Waals surface area contributed by atoms with Crippen LogP contribution in [0.3, 0.4) is 0 Å². The standard InChI is InChI=1S/C19H22/c1-12-13(2)18-10-15(12)11-19(18)17-9-5-7-14-6-3-4-8-16(14)17/h3-9,12-13,15,18-19H,10-11H2,1-2H3/t12?,13?,15-,18-,19-/m1/s1. The molecule has 2 bridgehead atoms. The Morgan fingerprint density at radius 1 is 0.842 bits per heavy atom. The van der Waals surface area contributed by atoms with Crippen LogP contribution in [-0.2, 0) is 0 Å². The van der Waals surface area contributed by atoms with Crippen LogP contribution in [0, 0.1) is 23.7 Å². The van der Waals surface area contributed by atoms with Crippen molar-refractivity contribution >= 4 is 10.8 Å². The summed E-state index contributed by atoms with van der Waals surface area (Å²) in [6.45, 7) is 4.95. The summed E-state index contributed by atoms with van der Waals surface area (Å²) in [4.78, 5) is 0. The van der Waals surface area contributed by atoms with Crippen LogP contribution in [0.5, 0.6) is 0 Å². The van der Waals surface area contributed by atoms with E-state index in [4.69, 9.17) is 0 Å². The highest BCUT2D eigenvalue weighted by atomic mass is 14.5. The Morgan fingerprint density at radius 3 is 2.42 bits per heavy atom. The van der Waals surface area contributed by atoms with E-state index >= 15 is 0 Å². The van der Waals surface area contributed by atoms with E-state index in [1.165, 1.54) is 23.6 Å². The van der Waals surface area contributed by atoms with Gasteiger partial charge in [-0.25, -0.2) is 0 Å². The van der Waals surface area contributed by atoms with Crippen LogP contribution in [0.15, 0.2) is 42.5 Å². The van der Waals surface area contributed by atoms with Gasteiger partial charge in [0.05, 0.1) is 0 Å². The summed E-state index contributed by atoms with van der Waals surface area (Å²) in [5.74, 6) is 4.55. The summed E-state index contributed by atoms with van der Waals surface area (Å²) < 4.78 is 0. The molecule has 2 aromatic rings. The molecule has 2 aliphatic carbocycles.